The molecule has 1 atom stereocenters. The van der Waals surface area contributed by atoms with Gasteiger partial charge in [-0.1, -0.05) is 0 Å². The van der Waals surface area contributed by atoms with Crippen molar-refractivity contribution >= 4 is 10.9 Å². The average Bonchev–Trinajstić information content (AvgIpc) is 3.22. The third-order valence-corrected chi connectivity index (χ3v) is 6.45. The number of allylic oxidation sites excluding steroid dienone is 4. The quantitative estimate of drug-likeness (QED) is 0.457. The number of hydrogen-bond acceptors (Lipinski definition) is 0. The van der Waals surface area contributed by atoms with Crippen molar-refractivity contribution in [3.05, 3.63) is 80.7 Å². The molecule has 1 aromatic heterocycles. The normalized spacial score (nSPS) is 17.3. The minimum atomic E-state index is 0. The van der Waals surface area contributed by atoms with Crippen molar-refractivity contribution in [1.82, 2.24) is 4.57 Å². The predicted molar refractivity (Wildman–Crippen MR) is 91.0 cm³/mol. The van der Waals surface area contributed by atoms with Gasteiger partial charge < -0.3 is 24.8 Å². The van der Waals surface area contributed by atoms with Crippen molar-refractivity contribution < 1.29 is 49.5 Å². The van der Waals surface area contributed by atoms with Crippen LogP contribution in [0.1, 0.15) is 23.5 Å². The molecule has 0 radical (unpaired) electrons. The molecule has 1 heterocycles. The summed E-state index contributed by atoms with van der Waals surface area (Å²) in [5.74, 6) is 0.403. The molecule has 2 aliphatic carbocycles. The molecule has 123 valence electrons. The number of hydrogen-bond donors (Lipinski definition) is 0. The second-order valence-electron chi connectivity index (χ2n) is 6.40. The number of fused-ring (bicyclic) bond motifs is 5. The van der Waals surface area contributed by atoms with Gasteiger partial charge >= 0.3 is 151 Å². The molecule has 0 saturated heterocycles. The van der Waals surface area contributed by atoms with E-state index in [1.54, 1.807) is 28.0 Å². The van der Waals surface area contributed by atoms with Crippen LogP contribution >= 0.6 is 0 Å². The summed E-state index contributed by atoms with van der Waals surface area (Å²) in [6.07, 6.45) is 5.82. The van der Waals surface area contributed by atoms with Crippen molar-refractivity contribution in [3.8, 4) is 11.3 Å². The first kappa shape index (κ1) is 18.7. The van der Waals surface area contributed by atoms with E-state index < -0.39 is 0 Å². The molecule has 0 N–H and O–H groups in total. The van der Waals surface area contributed by atoms with Crippen LogP contribution in [0.4, 0.5) is 0 Å². The molecule has 0 fully saturated rings. The molecule has 4 heteroatoms. The standard InChI is InChI=1S/C21H16N.2ClH.Zr/c1-22-18-13-7-6-12-17(18)20-19(14-8-2-3-9-14)15-10-4-5-11-16(15)21(20)22;;;/h2,4-8,10-13,19H,3H2,1H3;2*1H;/q;;;+2/p-2. The summed E-state index contributed by atoms with van der Waals surface area (Å²) in [4.78, 5) is 0. The number of halogens is 2. The number of aryl methyl sites for hydroxylation is 1. The molecule has 0 aliphatic heterocycles. The van der Waals surface area contributed by atoms with Crippen LogP contribution in [0.15, 0.2) is 69.5 Å². The first-order valence-corrected chi connectivity index (χ1v) is 9.28. The monoisotopic (exact) mass is 442 g/mol. The third-order valence-electron chi connectivity index (χ3n) is 5.24. The van der Waals surface area contributed by atoms with Crippen LogP contribution in [0.5, 0.6) is 0 Å². The van der Waals surface area contributed by atoms with E-state index in [2.05, 4.69) is 72.3 Å². The van der Waals surface area contributed by atoms with Crippen LogP contribution in [0, 0.1) is 0 Å². The summed E-state index contributed by atoms with van der Waals surface area (Å²) in [7, 11) is 2.21. The van der Waals surface area contributed by atoms with Crippen LogP contribution in [-0.2, 0) is 31.8 Å². The zero-order valence-electron chi connectivity index (χ0n) is 13.8. The van der Waals surface area contributed by atoms with Gasteiger partial charge in [0, 0.05) is 0 Å². The van der Waals surface area contributed by atoms with Gasteiger partial charge in [0.2, 0.25) is 0 Å². The molecule has 2 aromatic carbocycles. The number of para-hydroxylation sites is 1. The van der Waals surface area contributed by atoms with E-state index >= 15 is 0 Å². The second-order valence-corrected chi connectivity index (χ2v) is 7.88. The summed E-state index contributed by atoms with van der Waals surface area (Å²) in [6.45, 7) is 0. The molecule has 2 aliphatic rings. The van der Waals surface area contributed by atoms with Crippen LogP contribution in [0.25, 0.3) is 22.2 Å². The molecule has 3 aromatic rings. The Bertz CT molecular complexity index is 1030. The minimum Gasteiger partial charge on any atom is -1.00 e. The molecule has 1 nitrogen and oxygen atoms in total. The van der Waals surface area contributed by atoms with E-state index in [1.807, 2.05) is 0 Å². The Morgan fingerprint density at radius 3 is 2.48 bits per heavy atom. The zero-order valence-corrected chi connectivity index (χ0v) is 17.7. The number of benzene rings is 2. The van der Waals surface area contributed by atoms with Crippen molar-refractivity contribution in [2.75, 3.05) is 0 Å². The Labute approximate surface area is 175 Å². The fraction of sp³-hybridized carbons (Fsp3) is 0.143. The third kappa shape index (κ3) is 2.53. The maximum absolute atomic E-state index is 2.38. The Balaban J connectivity index is 0.000000911. The van der Waals surface area contributed by atoms with Gasteiger partial charge in [0.05, 0.1) is 0 Å². The second kappa shape index (κ2) is 6.91. The number of nitrogens with zero attached hydrogens (tertiary/aromatic N) is 1. The summed E-state index contributed by atoms with van der Waals surface area (Å²) >= 11 is 1.55. The van der Waals surface area contributed by atoms with Crippen LogP contribution in [0.2, 0.25) is 0 Å². The first-order valence-electron chi connectivity index (χ1n) is 8.05. The molecule has 1 unspecified atom stereocenters. The molecule has 0 amide bonds. The van der Waals surface area contributed by atoms with Gasteiger partial charge in [-0.25, -0.2) is 0 Å². The van der Waals surface area contributed by atoms with Gasteiger partial charge in [0.15, 0.2) is 0 Å². The first-order chi connectivity index (χ1) is 11.3. The van der Waals surface area contributed by atoms with E-state index in [-0.39, 0.29) is 24.8 Å². The van der Waals surface area contributed by atoms with Gasteiger partial charge in [0.1, 0.15) is 0 Å². The van der Waals surface area contributed by atoms with E-state index in [0.717, 1.165) is 6.42 Å². The maximum Gasteiger partial charge on any atom is -1.00 e. The van der Waals surface area contributed by atoms with Crippen molar-refractivity contribution in [3.63, 3.8) is 0 Å². The summed E-state index contributed by atoms with van der Waals surface area (Å²) in [6, 6.07) is 17.8. The molecular weight excluding hydrogens is 428 g/mol. The van der Waals surface area contributed by atoms with Gasteiger partial charge in [-0.3, -0.25) is 0 Å². The minimum absolute atomic E-state index is 0. The summed E-state index contributed by atoms with van der Waals surface area (Å²) in [5.41, 5.74) is 8.66. The fourth-order valence-corrected chi connectivity index (χ4v) is 5.13. The Morgan fingerprint density at radius 2 is 1.72 bits per heavy atom. The molecular formula is C21H16Cl2NZr. The van der Waals surface area contributed by atoms with E-state index in [1.165, 1.54) is 38.9 Å². The predicted octanol–water partition coefficient (Wildman–Crippen LogP) is -0.941. The Morgan fingerprint density at radius 1 is 1.00 bits per heavy atom. The van der Waals surface area contributed by atoms with Crippen molar-refractivity contribution in [2.24, 2.45) is 7.05 Å². The van der Waals surface area contributed by atoms with E-state index in [9.17, 15) is 0 Å². The molecule has 0 saturated carbocycles. The molecule has 0 bridgehead atoms. The fourth-order valence-electron chi connectivity index (χ4n) is 4.28. The maximum atomic E-state index is 2.38. The van der Waals surface area contributed by atoms with Crippen LogP contribution in [-0.4, -0.2) is 4.57 Å². The summed E-state index contributed by atoms with van der Waals surface area (Å²) < 4.78 is 3.98. The van der Waals surface area contributed by atoms with Crippen molar-refractivity contribution in [2.45, 2.75) is 12.3 Å². The number of aromatic nitrogens is 1. The largest absolute Gasteiger partial charge is 1.00 e. The zero-order chi connectivity index (χ0) is 15.6. The Hall–Kier alpha value is -1.08. The molecule has 25 heavy (non-hydrogen) atoms. The van der Waals surface area contributed by atoms with Gasteiger partial charge in [0.25, 0.3) is 0 Å². The van der Waals surface area contributed by atoms with Crippen molar-refractivity contribution in [1.29, 1.82) is 0 Å². The average molecular weight is 444 g/mol. The topological polar surface area (TPSA) is 4.93 Å². The van der Waals surface area contributed by atoms with E-state index in [4.69, 9.17) is 0 Å². The van der Waals surface area contributed by atoms with Crippen LogP contribution < -0.4 is 24.8 Å². The van der Waals surface area contributed by atoms with Gasteiger partial charge in [-0.15, -0.1) is 0 Å². The Kier molecular flexibility index (Phi) is 5.17. The van der Waals surface area contributed by atoms with Gasteiger partial charge in [-0.05, 0) is 0 Å². The molecule has 0 spiro atoms. The molecule has 5 rings (SSSR count). The van der Waals surface area contributed by atoms with Crippen LogP contribution in [0.3, 0.4) is 0 Å². The number of rotatable bonds is 1. The summed E-state index contributed by atoms with van der Waals surface area (Å²) in [5, 5.41) is 1.41. The van der Waals surface area contributed by atoms with Gasteiger partial charge in [-0.2, -0.15) is 0 Å². The smallest absolute Gasteiger partial charge is 1.00 e. The SMILES string of the molecule is Cn1c2c(c3ccccc31)C(C1=[C]([Zr+2])CC=C1)c1ccccc1-2.[Cl-].[Cl-]. The van der Waals surface area contributed by atoms with E-state index in [0.29, 0.717) is 5.92 Å².